The summed E-state index contributed by atoms with van der Waals surface area (Å²) in [5, 5.41) is 10.6. The van der Waals surface area contributed by atoms with Crippen molar-refractivity contribution < 1.29 is 5.11 Å². The third-order valence-corrected chi connectivity index (χ3v) is 3.39. The fourth-order valence-electron chi connectivity index (χ4n) is 2.29. The van der Waals surface area contributed by atoms with Crippen LogP contribution in [-0.4, -0.2) is 10.1 Å². The number of allylic oxidation sites excluding steroid dienone is 1. The molecule has 1 aliphatic carbocycles. The van der Waals surface area contributed by atoms with Crippen LogP contribution >= 0.6 is 0 Å². The second kappa shape index (κ2) is 4.79. The van der Waals surface area contributed by atoms with E-state index in [1.807, 2.05) is 19.1 Å². The molecule has 2 heteroatoms. The summed E-state index contributed by atoms with van der Waals surface area (Å²) in [5.74, 6) is 0. The molecule has 0 saturated heterocycles. The Balaban J connectivity index is 2.27. The van der Waals surface area contributed by atoms with Gasteiger partial charge in [0.25, 0.3) is 0 Å². The zero-order chi connectivity index (χ0) is 11.4. The monoisotopic (exact) mass is 217 g/mol. The van der Waals surface area contributed by atoms with Gasteiger partial charge in [-0.1, -0.05) is 18.6 Å². The largest absolute Gasteiger partial charge is 0.381 e. The number of pyridine rings is 1. The minimum Gasteiger partial charge on any atom is -0.381 e. The van der Waals surface area contributed by atoms with E-state index in [1.165, 1.54) is 19.3 Å². The van der Waals surface area contributed by atoms with E-state index in [9.17, 15) is 5.11 Å². The smallest absolute Gasteiger partial charge is 0.109 e. The van der Waals surface area contributed by atoms with Gasteiger partial charge in [-0.05, 0) is 44.2 Å². The maximum absolute atomic E-state index is 10.6. The number of hydrogen-bond donors (Lipinski definition) is 1. The fourth-order valence-corrected chi connectivity index (χ4v) is 2.29. The van der Waals surface area contributed by atoms with Gasteiger partial charge in [0.2, 0.25) is 0 Å². The van der Waals surface area contributed by atoms with Crippen LogP contribution in [0.25, 0.3) is 0 Å². The van der Waals surface area contributed by atoms with Crippen molar-refractivity contribution in [1.82, 2.24) is 4.98 Å². The Morgan fingerprint density at radius 2 is 2.19 bits per heavy atom. The predicted octanol–water partition coefficient (Wildman–Crippen LogP) is 3.18. The van der Waals surface area contributed by atoms with Crippen molar-refractivity contribution >= 4 is 0 Å². The normalized spacial score (nSPS) is 20.8. The SMILES string of the molecule is CC(O)(C1=CCCCCC1)c1cccnc1. The summed E-state index contributed by atoms with van der Waals surface area (Å²) in [6.45, 7) is 1.88. The van der Waals surface area contributed by atoms with E-state index >= 15 is 0 Å². The van der Waals surface area contributed by atoms with Crippen molar-refractivity contribution in [3.63, 3.8) is 0 Å². The zero-order valence-corrected chi connectivity index (χ0v) is 9.82. The van der Waals surface area contributed by atoms with Crippen LogP contribution in [-0.2, 0) is 5.60 Å². The zero-order valence-electron chi connectivity index (χ0n) is 9.82. The minimum absolute atomic E-state index is 0.849. The molecule has 1 aromatic rings. The lowest BCUT2D eigenvalue weighted by Gasteiger charge is -2.26. The van der Waals surface area contributed by atoms with E-state index in [0.29, 0.717) is 0 Å². The third kappa shape index (κ3) is 2.33. The van der Waals surface area contributed by atoms with E-state index in [0.717, 1.165) is 24.0 Å². The maximum atomic E-state index is 10.6. The molecular weight excluding hydrogens is 198 g/mol. The van der Waals surface area contributed by atoms with Crippen LogP contribution in [0.15, 0.2) is 36.2 Å². The summed E-state index contributed by atoms with van der Waals surface area (Å²) in [7, 11) is 0. The van der Waals surface area contributed by atoms with Gasteiger partial charge in [0.1, 0.15) is 5.60 Å². The van der Waals surface area contributed by atoms with Gasteiger partial charge < -0.3 is 5.11 Å². The minimum atomic E-state index is -0.849. The molecular formula is C14H19NO. The first-order valence-corrected chi connectivity index (χ1v) is 6.03. The molecule has 0 fully saturated rings. The van der Waals surface area contributed by atoms with Crippen LogP contribution in [0.3, 0.4) is 0 Å². The molecule has 2 rings (SSSR count). The summed E-state index contributed by atoms with van der Waals surface area (Å²) in [5.41, 5.74) is 1.19. The fraction of sp³-hybridized carbons (Fsp3) is 0.500. The quantitative estimate of drug-likeness (QED) is 0.772. The molecule has 1 atom stereocenters. The Kier molecular flexibility index (Phi) is 3.39. The first kappa shape index (κ1) is 11.3. The van der Waals surface area contributed by atoms with Gasteiger partial charge in [-0.25, -0.2) is 0 Å². The predicted molar refractivity (Wildman–Crippen MR) is 65.0 cm³/mol. The molecule has 1 unspecified atom stereocenters. The summed E-state index contributed by atoms with van der Waals surface area (Å²) in [6, 6.07) is 3.82. The molecule has 16 heavy (non-hydrogen) atoms. The van der Waals surface area contributed by atoms with E-state index in [-0.39, 0.29) is 0 Å². The molecule has 0 radical (unpaired) electrons. The van der Waals surface area contributed by atoms with Gasteiger partial charge in [0.15, 0.2) is 0 Å². The number of nitrogens with zero attached hydrogens (tertiary/aromatic N) is 1. The molecule has 0 amide bonds. The molecule has 1 heterocycles. The van der Waals surface area contributed by atoms with Gasteiger partial charge >= 0.3 is 0 Å². The Bertz CT molecular complexity index is 368. The Hall–Kier alpha value is -1.15. The first-order chi connectivity index (χ1) is 7.71. The Labute approximate surface area is 97.0 Å². The standard InChI is InChI=1S/C14H19NO/c1-14(16,13-9-6-10-15-11-13)12-7-4-2-3-5-8-12/h6-7,9-11,16H,2-5,8H2,1H3. The summed E-state index contributed by atoms with van der Waals surface area (Å²) in [6.07, 6.45) is 11.5. The lowest BCUT2D eigenvalue weighted by atomic mass is 9.86. The van der Waals surface area contributed by atoms with Crippen LogP contribution in [0.5, 0.6) is 0 Å². The second-order valence-electron chi connectivity index (χ2n) is 4.64. The topological polar surface area (TPSA) is 33.1 Å². The highest BCUT2D eigenvalue weighted by Crippen LogP contribution is 2.33. The number of rotatable bonds is 2. The lowest BCUT2D eigenvalue weighted by Crippen LogP contribution is -2.24. The summed E-state index contributed by atoms with van der Waals surface area (Å²) >= 11 is 0. The van der Waals surface area contributed by atoms with E-state index < -0.39 is 5.60 Å². The van der Waals surface area contributed by atoms with Gasteiger partial charge in [-0.15, -0.1) is 0 Å². The van der Waals surface area contributed by atoms with Crippen LogP contribution in [0.1, 0.15) is 44.6 Å². The molecule has 0 saturated carbocycles. The molecule has 1 aromatic heterocycles. The average molecular weight is 217 g/mol. The van der Waals surface area contributed by atoms with Crippen LogP contribution in [0.2, 0.25) is 0 Å². The highest BCUT2D eigenvalue weighted by molar-refractivity contribution is 5.30. The summed E-state index contributed by atoms with van der Waals surface area (Å²) < 4.78 is 0. The van der Waals surface area contributed by atoms with Gasteiger partial charge in [0, 0.05) is 18.0 Å². The van der Waals surface area contributed by atoms with Gasteiger partial charge in [-0.2, -0.15) is 0 Å². The number of hydrogen-bond acceptors (Lipinski definition) is 2. The van der Waals surface area contributed by atoms with Gasteiger partial charge in [-0.3, -0.25) is 4.98 Å². The third-order valence-electron chi connectivity index (χ3n) is 3.39. The van der Waals surface area contributed by atoms with E-state index in [1.54, 1.807) is 12.4 Å². The van der Waals surface area contributed by atoms with Crippen molar-refractivity contribution in [1.29, 1.82) is 0 Å². The number of aliphatic hydroxyl groups is 1. The Morgan fingerprint density at radius 3 is 2.94 bits per heavy atom. The molecule has 0 bridgehead atoms. The van der Waals surface area contributed by atoms with E-state index in [4.69, 9.17) is 0 Å². The molecule has 0 spiro atoms. The van der Waals surface area contributed by atoms with Crippen molar-refractivity contribution in [3.8, 4) is 0 Å². The molecule has 1 aliphatic rings. The van der Waals surface area contributed by atoms with E-state index in [2.05, 4.69) is 11.1 Å². The first-order valence-electron chi connectivity index (χ1n) is 6.03. The van der Waals surface area contributed by atoms with Crippen molar-refractivity contribution in [3.05, 3.63) is 41.7 Å². The van der Waals surface area contributed by atoms with Crippen LogP contribution in [0, 0.1) is 0 Å². The van der Waals surface area contributed by atoms with Crippen LogP contribution < -0.4 is 0 Å². The molecule has 86 valence electrons. The molecule has 0 aromatic carbocycles. The molecule has 1 N–H and O–H groups in total. The molecule has 2 nitrogen and oxygen atoms in total. The van der Waals surface area contributed by atoms with Crippen molar-refractivity contribution in [2.24, 2.45) is 0 Å². The lowest BCUT2D eigenvalue weighted by molar-refractivity contribution is 0.0928. The maximum Gasteiger partial charge on any atom is 0.109 e. The van der Waals surface area contributed by atoms with Crippen molar-refractivity contribution in [2.75, 3.05) is 0 Å². The van der Waals surface area contributed by atoms with Crippen molar-refractivity contribution in [2.45, 2.75) is 44.6 Å². The average Bonchev–Trinajstić information content (AvgIpc) is 2.59. The number of aromatic nitrogens is 1. The highest BCUT2D eigenvalue weighted by Gasteiger charge is 2.28. The molecule has 0 aliphatic heterocycles. The second-order valence-corrected chi connectivity index (χ2v) is 4.64. The Morgan fingerprint density at radius 1 is 1.31 bits per heavy atom. The summed E-state index contributed by atoms with van der Waals surface area (Å²) in [4.78, 5) is 4.08. The van der Waals surface area contributed by atoms with Crippen LogP contribution in [0.4, 0.5) is 0 Å². The highest BCUT2D eigenvalue weighted by atomic mass is 16.3. The van der Waals surface area contributed by atoms with Gasteiger partial charge in [0.05, 0.1) is 0 Å².